The van der Waals surface area contributed by atoms with Crippen LogP contribution in [0.2, 0.25) is 0 Å². The van der Waals surface area contributed by atoms with Gasteiger partial charge in [-0.3, -0.25) is 0 Å². The first-order valence-electron chi connectivity index (χ1n) is 8.78. The summed E-state index contributed by atoms with van der Waals surface area (Å²) in [7, 11) is 0. The fourth-order valence-corrected chi connectivity index (χ4v) is 3.78. The van der Waals surface area contributed by atoms with E-state index in [4.69, 9.17) is 0 Å². The fraction of sp³-hybridized carbons (Fsp3) is 0.364. The van der Waals surface area contributed by atoms with Crippen LogP contribution in [0, 0.1) is 17.6 Å². The van der Waals surface area contributed by atoms with Crippen molar-refractivity contribution in [2.24, 2.45) is 5.92 Å². The molecule has 0 unspecified atom stereocenters. The molecule has 0 bridgehead atoms. The maximum Gasteiger partial charge on any atom is 0.166 e. The second-order valence-corrected chi connectivity index (χ2v) is 6.82. The Balaban J connectivity index is 1.92. The number of fused-ring (bicyclic) bond motifs is 1. The zero-order valence-corrected chi connectivity index (χ0v) is 14.0. The molecule has 0 amide bonds. The van der Waals surface area contributed by atoms with Crippen molar-refractivity contribution in [1.82, 2.24) is 0 Å². The molecule has 126 valence electrons. The lowest BCUT2D eigenvalue weighted by Crippen LogP contribution is -2.11. The number of halogens is 2. The third-order valence-corrected chi connectivity index (χ3v) is 5.31. The molecule has 1 aliphatic rings. The van der Waals surface area contributed by atoms with Gasteiger partial charge in [-0.25, -0.2) is 8.78 Å². The van der Waals surface area contributed by atoms with Crippen LogP contribution >= 0.6 is 0 Å². The maximum atomic E-state index is 14.5. The van der Waals surface area contributed by atoms with E-state index < -0.39 is 11.6 Å². The van der Waals surface area contributed by atoms with Crippen molar-refractivity contribution in [2.75, 3.05) is 0 Å². The predicted molar refractivity (Wildman–Crippen MR) is 97.3 cm³/mol. The summed E-state index contributed by atoms with van der Waals surface area (Å²) in [6.45, 7) is 7.52. The molecule has 24 heavy (non-hydrogen) atoms. The second kappa shape index (κ2) is 7.29. The Bertz CT molecular complexity index is 752. The Morgan fingerprint density at radius 2 is 1.75 bits per heavy atom. The summed E-state index contributed by atoms with van der Waals surface area (Å²) in [6.07, 6.45) is 9.32. The number of benzene rings is 2. The van der Waals surface area contributed by atoms with Gasteiger partial charge >= 0.3 is 0 Å². The first-order valence-corrected chi connectivity index (χ1v) is 8.78. The summed E-state index contributed by atoms with van der Waals surface area (Å²) >= 11 is 0. The molecule has 2 aromatic carbocycles. The Morgan fingerprint density at radius 1 is 1.00 bits per heavy atom. The number of hydrogen-bond donors (Lipinski definition) is 0. The Labute approximate surface area is 142 Å². The van der Waals surface area contributed by atoms with Crippen molar-refractivity contribution < 1.29 is 8.78 Å². The minimum atomic E-state index is -0.715. The quantitative estimate of drug-likeness (QED) is 0.536. The summed E-state index contributed by atoms with van der Waals surface area (Å²) in [4.78, 5) is 0. The van der Waals surface area contributed by atoms with Crippen LogP contribution in [-0.4, -0.2) is 0 Å². The maximum absolute atomic E-state index is 14.5. The Kier molecular flexibility index (Phi) is 5.13. The highest BCUT2D eigenvalue weighted by molar-refractivity contribution is 5.85. The number of hydrogen-bond acceptors (Lipinski definition) is 0. The molecule has 0 nitrogen and oxygen atoms in total. The highest BCUT2D eigenvalue weighted by atomic mass is 19.2. The van der Waals surface area contributed by atoms with Crippen molar-refractivity contribution >= 4 is 10.8 Å². The van der Waals surface area contributed by atoms with Gasteiger partial charge in [0.1, 0.15) is 0 Å². The molecule has 0 aromatic heterocycles. The lowest BCUT2D eigenvalue weighted by molar-refractivity contribution is 0.376. The van der Waals surface area contributed by atoms with Gasteiger partial charge in [-0.15, -0.1) is 13.2 Å². The topological polar surface area (TPSA) is 0 Å². The molecule has 1 aliphatic carbocycles. The molecule has 0 aliphatic heterocycles. The average Bonchev–Trinajstić information content (AvgIpc) is 2.63. The third-order valence-electron chi connectivity index (χ3n) is 5.31. The minimum Gasteiger partial charge on any atom is -0.203 e. The lowest BCUT2D eigenvalue weighted by Gasteiger charge is -2.27. The van der Waals surface area contributed by atoms with Crippen molar-refractivity contribution in [3.05, 3.63) is 72.3 Å². The molecule has 0 N–H and O–H groups in total. The van der Waals surface area contributed by atoms with Crippen LogP contribution in [0.4, 0.5) is 8.78 Å². The highest BCUT2D eigenvalue weighted by Crippen LogP contribution is 2.37. The third kappa shape index (κ3) is 3.28. The van der Waals surface area contributed by atoms with Crippen LogP contribution in [0.1, 0.15) is 49.1 Å². The standard InChI is InChI=1S/C22H24F2/c1-3-5-6-19-13-18-12-11-17(14-20(18)22(24)21(19)23)16-9-7-15(4-2)8-10-16/h3-4,11-16H,1-2,5-10H2. The van der Waals surface area contributed by atoms with E-state index >= 15 is 0 Å². The van der Waals surface area contributed by atoms with Crippen molar-refractivity contribution in [1.29, 1.82) is 0 Å². The van der Waals surface area contributed by atoms with E-state index in [1.165, 1.54) is 0 Å². The van der Waals surface area contributed by atoms with Crippen molar-refractivity contribution in [3.8, 4) is 0 Å². The van der Waals surface area contributed by atoms with Gasteiger partial charge in [0, 0.05) is 5.39 Å². The van der Waals surface area contributed by atoms with E-state index in [9.17, 15) is 8.78 Å². The molecule has 3 rings (SSSR count). The molecular formula is C22H24F2. The summed E-state index contributed by atoms with van der Waals surface area (Å²) in [5, 5.41) is 1.18. The Hall–Kier alpha value is -1.96. The van der Waals surface area contributed by atoms with Gasteiger partial charge in [-0.1, -0.05) is 24.3 Å². The first-order chi connectivity index (χ1) is 11.6. The fourth-order valence-electron chi connectivity index (χ4n) is 3.78. The summed E-state index contributed by atoms with van der Waals surface area (Å²) in [6, 6.07) is 7.64. The molecule has 0 spiro atoms. The molecule has 0 saturated heterocycles. The van der Waals surface area contributed by atoms with E-state index in [2.05, 4.69) is 19.2 Å². The molecule has 1 saturated carbocycles. The van der Waals surface area contributed by atoms with E-state index in [1.807, 2.05) is 18.2 Å². The SMILES string of the molecule is C=CCCc1cc2ccc(C3CCC(C=C)CC3)cc2c(F)c1F. The number of rotatable bonds is 5. The zero-order chi connectivity index (χ0) is 17.1. The number of allylic oxidation sites excluding steroid dienone is 2. The van der Waals surface area contributed by atoms with Gasteiger partial charge in [0.2, 0.25) is 0 Å². The normalized spacial score (nSPS) is 20.9. The largest absolute Gasteiger partial charge is 0.203 e. The molecule has 0 radical (unpaired) electrons. The van der Waals surface area contributed by atoms with Crippen LogP contribution in [0.3, 0.4) is 0 Å². The van der Waals surface area contributed by atoms with Crippen molar-refractivity contribution in [3.63, 3.8) is 0 Å². The van der Waals surface area contributed by atoms with Crippen LogP contribution < -0.4 is 0 Å². The average molecular weight is 326 g/mol. The van der Waals surface area contributed by atoms with Crippen LogP contribution in [0.15, 0.2) is 49.6 Å². The van der Waals surface area contributed by atoms with E-state index in [1.54, 1.807) is 12.1 Å². The molecule has 1 fully saturated rings. The van der Waals surface area contributed by atoms with Crippen LogP contribution in [-0.2, 0) is 6.42 Å². The zero-order valence-electron chi connectivity index (χ0n) is 14.0. The van der Waals surface area contributed by atoms with Crippen LogP contribution in [0.25, 0.3) is 10.8 Å². The van der Waals surface area contributed by atoms with Gasteiger partial charge in [0.15, 0.2) is 11.6 Å². The summed E-state index contributed by atoms with van der Waals surface area (Å²) in [5.41, 5.74) is 1.56. The van der Waals surface area contributed by atoms with Crippen molar-refractivity contribution in [2.45, 2.75) is 44.4 Å². The summed E-state index contributed by atoms with van der Waals surface area (Å²) < 4.78 is 28.8. The molecule has 2 heteroatoms. The number of aryl methyl sites for hydroxylation is 1. The van der Waals surface area contributed by atoms with Gasteiger partial charge in [0.05, 0.1) is 0 Å². The molecule has 0 heterocycles. The van der Waals surface area contributed by atoms with E-state index in [-0.39, 0.29) is 0 Å². The van der Waals surface area contributed by atoms with E-state index in [0.717, 1.165) is 36.6 Å². The highest BCUT2D eigenvalue weighted by Gasteiger charge is 2.21. The Morgan fingerprint density at radius 3 is 2.42 bits per heavy atom. The first kappa shape index (κ1) is 16.9. The second-order valence-electron chi connectivity index (χ2n) is 6.82. The lowest BCUT2D eigenvalue weighted by atomic mass is 9.78. The predicted octanol–water partition coefficient (Wildman–Crippen LogP) is 6.70. The smallest absolute Gasteiger partial charge is 0.166 e. The van der Waals surface area contributed by atoms with E-state index in [0.29, 0.717) is 35.6 Å². The molecular weight excluding hydrogens is 302 g/mol. The monoisotopic (exact) mass is 326 g/mol. The van der Waals surface area contributed by atoms with Crippen LogP contribution in [0.5, 0.6) is 0 Å². The molecule has 2 aromatic rings. The van der Waals surface area contributed by atoms with Gasteiger partial charge in [-0.2, -0.15) is 0 Å². The van der Waals surface area contributed by atoms with Gasteiger partial charge in [-0.05, 0) is 79.0 Å². The van der Waals surface area contributed by atoms with Gasteiger partial charge < -0.3 is 0 Å². The summed E-state index contributed by atoms with van der Waals surface area (Å²) in [5.74, 6) is -0.387. The molecule has 0 atom stereocenters. The minimum absolute atomic E-state index is 0.401. The van der Waals surface area contributed by atoms with Gasteiger partial charge in [0.25, 0.3) is 0 Å².